The molecule has 0 aliphatic rings. The van der Waals surface area contributed by atoms with E-state index in [1.807, 2.05) is 25.1 Å². The van der Waals surface area contributed by atoms with Gasteiger partial charge < -0.3 is 15.4 Å². The highest BCUT2D eigenvalue weighted by Gasteiger charge is 2.10. The standard InChI is InChI=1S/C19H17N3O3/c1-13-5-3-4-6-17(13)22-18(23)15(11-20)12-21-16-9-7-14(8-10-16)19(24)25-2/h3-10,12,21H,1-2H3,(H,22,23)/b15-12-. The van der Waals surface area contributed by atoms with Crippen LogP contribution in [0.2, 0.25) is 0 Å². The molecule has 126 valence electrons. The molecule has 25 heavy (non-hydrogen) atoms. The number of esters is 1. The Morgan fingerprint density at radius 1 is 1.12 bits per heavy atom. The van der Waals surface area contributed by atoms with Crippen LogP contribution in [0, 0.1) is 18.3 Å². The number of nitrogens with one attached hydrogen (secondary N) is 2. The number of hydrogen-bond donors (Lipinski definition) is 2. The van der Waals surface area contributed by atoms with Gasteiger partial charge in [0.25, 0.3) is 5.91 Å². The predicted octanol–water partition coefficient (Wildman–Crippen LogP) is 3.24. The van der Waals surface area contributed by atoms with Crippen molar-refractivity contribution in [3.63, 3.8) is 0 Å². The van der Waals surface area contributed by atoms with Crippen LogP contribution in [-0.2, 0) is 9.53 Å². The lowest BCUT2D eigenvalue weighted by Gasteiger charge is -2.08. The highest BCUT2D eigenvalue weighted by atomic mass is 16.5. The van der Waals surface area contributed by atoms with Crippen LogP contribution < -0.4 is 10.6 Å². The van der Waals surface area contributed by atoms with Crippen LogP contribution in [0.3, 0.4) is 0 Å². The second kappa shape index (κ2) is 8.31. The van der Waals surface area contributed by atoms with Crippen LogP contribution >= 0.6 is 0 Å². The van der Waals surface area contributed by atoms with Gasteiger partial charge in [0, 0.05) is 17.6 Å². The van der Waals surface area contributed by atoms with Gasteiger partial charge in [-0.2, -0.15) is 5.26 Å². The fourth-order valence-corrected chi connectivity index (χ4v) is 2.03. The zero-order chi connectivity index (χ0) is 18.2. The number of carbonyl (C=O) groups is 2. The Morgan fingerprint density at radius 2 is 1.80 bits per heavy atom. The number of amides is 1. The maximum Gasteiger partial charge on any atom is 0.337 e. The number of carbonyl (C=O) groups excluding carboxylic acids is 2. The van der Waals surface area contributed by atoms with Crippen LogP contribution in [0.4, 0.5) is 11.4 Å². The van der Waals surface area contributed by atoms with E-state index >= 15 is 0 Å². The van der Waals surface area contributed by atoms with Gasteiger partial charge >= 0.3 is 5.97 Å². The number of nitriles is 1. The van der Waals surface area contributed by atoms with Crippen LogP contribution in [0.25, 0.3) is 0 Å². The Labute approximate surface area is 145 Å². The average Bonchev–Trinajstić information content (AvgIpc) is 2.64. The molecule has 1 amide bonds. The number of ether oxygens (including phenoxy) is 1. The van der Waals surface area contributed by atoms with Gasteiger partial charge in [0.1, 0.15) is 11.6 Å². The molecule has 0 aliphatic heterocycles. The van der Waals surface area contributed by atoms with Crippen LogP contribution in [0.1, 0.15) is 15.9 Å². The molecule has 0 saturated carbocycles. The number of para-hydroxylation sites is 1. The predicted molar refractivity (Wildman–Crippen MR) is 94.9 cm³/mol. The summed E-state index contributed by atoms with van der Waals surface area (Å²) >= 11 is 0. The van der Waals surface area contributed by atoms with E-state index in [1.54, 1.807) is 36.4 Å². The van der Waals surface area contributed by atoms with Crippen molar-refractivity contribution in [2.45, 2.75) is 6.92 Å². The molecule has 0 spiro atoms. The summed E-state index contributed by atoms with van der Waals surface area (Å²) in [7, 11) is 1.31. The summed E-state index contributed by atoms with van der Waals surface area (Å²) in [6.07, 6.45) is 1.32. The van der Waals surface area contributed by atoms with Gasteiger partial charge in [-0.3, -0.25) is 4.79 Å². The third-order valence-corrected chi connectivity index (χ3v) is 3.45. The molecular weight excluding hydrogens is 318 g/mol. The molecule has 2 rings (SSSR count). The summed E-state index contributed by atoms with van der Waals surface area (Å²) in [4.78, 5) is 23.6. The minimum atomic E-state index is -0.504. The van der Waals surface area contributed by atoms with E-state index in [0.717, 1.165) is 5.56 Å². The molecule has 2 aromatic carbocycles. The Balaban J connectivity index is 2.07. The van der Waals surface area contributed by atoms with E-state index in [-0.39, 0.29) is 5.57 Å². The molecule has 0 aliphatic carbocycles. The monoisotopic (exact) mass is 335 g/mol. The highest BCUT2D eigenvalue weighted by Crippen LogP contribution is 2.15. The van der Waals surface area contributed by atoms with Gasteiger partial charge in [-0.1, -0.05) is 18.2 Å². The molecule has 6 nitrogen and oxygen atoms in total. The minimum absolute atomic E-state index is 0.0692. The molecule has 0 saturated heterocycles. The summed E-state index contributed by atoms with van der Waals surface area (Å²) < 4.78 is 4.62. The SMILES string of the molecule is COC(=O)c1ccc(N/C=C(/C#N)C(=O)Nc2ccccc2C)cc1. The second-order valence-electron chi connectivity index (χ2n) is 5.15. The first-order valence-electron chi connectivity index (χ1n) is 7.47. The molecule has 0 fully saturated rings. The van der Waals surface area contributed by atoms with Crippen LogP contribution in [0.5, 0.6) is 0 Å². The van der Waals surface area contributed by atoms with E-state index in [1.165, 1.54) is 13.3 Å². The lowest BCUT2D eigenvalue weighted by atomic mass is 10.2. The van der Waals surface area contributed by atoms with Crippen LogP contribution in [0.15, 0.2) is 60.3 Å². The van der Waals surface area contributed by atoms with Gasteiger partial charge in [-0.15, -0.1) is 0 Å². The summed E-state index contributed by atoms with van der Waals surface area (Å²) in [6, 6.07) is 15.6. The molecule has 0 radical (unpaired) electrons. The first-order valence-corrected chi connectivity index (χ1v) is 7.47. The normalized spacial score (nSPS) is 10.5. The van der Waals surface area contributed by atoms with Crippen LogP contribution in [-0.4, -0.2) is 19.0 Å². The van der Waals surface area contributed by atoms with Crippen molar-refractivity contribution in [2.75, 3.05) is 17.7 Å². The molecule has 0 aromatic heterocycles. The van der Waals surface area contributed by atoms with Gasteiger partial charge in [0.05, 0.1) is 12.7 Å². The zero-order valence-corrected chi connectivity index (χ0v) is 13.9. The zero-order valence-electron chi connectivity index (χ0n) is 13.9. The molecule has 0 unspecified atom stereocenters. The minimum Gasteiger partial charge on any atom is -0.465 e. The van der Waals surface area contributed by atoms with E-state index in [9.17, 15) is 14.9 Å². The van der Waals surface area contributed by atoms with Crippen molar-refractivity contribution < 1.29 is 14.3 Å². The second-order valence-corrected chi connectivity index (χ2v) is 5.15. The fraction of sp³-hybridized carbons (Fsp3) is 0.105. The molecule has 0 bridgehead atoms. The number of benzene rings is 2. The molecule has 2 N–H and O–H groups in total. The lowest BCUT2D eigenvalue weighted by molar-refractivity contribution is -0.112. The maximum atomic E-state index is 12.2. The van der Waals surface area contributed by atoms with Crippen molar-refractivity contribution in [1.82, 2.24) is 0 Å². The molecule has 0 atom stereocenters. The van der Waals surface area contributed by atoms with Gasteiger partial charge in [0.2, 0.25) is 0 Å². The Hall–Kier alpha value is -3.59. The summed E-state index contributed by atoms with van der Waals surface area (Å²) in [6.45, 7) is 1.87. The lowest BCUT2D eigenvalue weighted by Crippen LogP contribution is -2.15. The van der Waals surface area contributed by atoms with Gasteiger partial charge in [-0.25, -0.2) is 4.79 Å². The van der Waals surface area contributed by atoms with Crippen molar-refractivity contribution >= 4 is 23.3 Å². The highest BCUT2D eigenvalue weighted by molar-refractivity contribution is 6.07. The number of methoxy groups -OCH3 is 1. The number of aryl methyl sites for hydroxylation is 1. The van der Waals surface area contributed by atoms with Crippen molar-refractivity contribution in [3.8, 4) is 6.07 Å². The number of nitrogens with zero attached hydrogens (tertiary/aromatic N) is 1. The van der Waals surface area contributed by atoms with Gasteiger partial charge in [0.15, 0.2) is 0 Å². The Bertz CT molecular complexity index is 849. The summed E-state index contributed by atoms with van der Waals surface area (Å²) in [5.41, 5.74) is 2.52. The largest absolute Gasteiger partial charge is 0.465 e. The maximum absolute atomic E-state index is 12.2. The van der Waals surface area contributed by atoms with E-state index in [0.29, 0.717) is 16.9 Å². The Morgan fingerprint density at radius 3 is 2.40 bits per heavy atom. The first-order chi connectivity index (χ1) is 12.0. The summed E-state index contributed by atoms with van der Waals surface area (Å²) in [5, 5.41) is 14.8. The van der Waals surface area contributed by atoms with E-state index < -0.39 is 11.9 Å². The topological polar surface area (TPSA) is 91.2 Å². The first kappa shape index (κ1) is 17.8. The van der Waals surface area contributed by atoms with Crippen molar-refractivity contribution in [2.24, 2.45) is 0 Å². The quantitative estimate of drug-likeness (QED) is 0.497. The number of anilines is 2. The van der Waals surface area contributed by atoms with E-state index in [2.05, 4.69) is 15.4 Å². The Kier molecular flexibility index (Phi) is 5.91. The fourth-order valence-electron chi connectivity index (χ4n) is 2.03. The van der Waals surface area contributed by atoms with E-state index in [4.69, 9.17) is 0 Å². The van der Waals surface area contributed by atoms with Gasteiger partial charge in [-0.05, 0) is 42.8 Å². The molecule has 2 aromatic rings. The summed E-state index contributed by atoms with van der Waals surface area (Å²) in [5.74, 6) is -0.937. The van der Waals surface area contributed by atoms with Crippen molar-refractivity contribution in [3.05, 3.63) is 71.4 Å². The van der Waals surface area contributed by atoms with Crippen molar-refractivity contribution in [1.29, 1.82) is 5.26 Å². The number of hydrogen-bond acceptors (Lipinski definition) is 5. The number of rotatable bonds is 5. The third kappa shape index (κ3) is 4.69. The molecular formula is C19H17N3O3. The average molecular weight is 335 g/mol. The molecule has 6 heteroatoms. The third-order valence-electron chi connectivity index (χ3n) is 3.45. The smallest absolute Gasteiger partial charge is 0.337 e. The molecule has 0 heterocycles.